The fourth-order valence-corrected chi connectivity index (χ4v) is 0.286. The minimum atomic E-state index is -5.83. The van der Waals surface area contributed by atoms with Crippen molar-refractivity contribution in [3.63, 3.8) is 0 Å². The fourth-order valence-electron chi connectivity index (χ4n) is 0.286. The molecule has 0 unspecified atom stereocenters. The van der Waals surface area contributed by atoms with Crippen LogP contribution < -0.4 is 5.32 Å². The molecule has 0 aromatic heterocycles. The number of hydrogen-bond donors (Lipinski definition) is 1. The Hall–Kier alpha value is -0.880. The highest BCUT2D eigenvalue weighted by molar-refractivity contribution is 5.83. The molecular formula is C4H4F5NO. The van der Waals surface area contributed by atoms with Gasteiger partial charge in [-0.15, -0.1) is 0 Å². The van der Waals surface area contributed by atoms with Crippen LogP contribution >= 0.6 is 0 Å². The van der Waals surface area contributed by atoms with Gasteiger partial charge in [0.05, 0.1) is 0 Å². The van der Waals surface area contributed by atoms with Gasteiger partial charge < -0.3 is 5.32 Å². The number of nitrogens with one attached hydrogen (secondary N) is 1. The summed E-state index contributed by atoms with van der Waals surface area (Å²) >= 11 is 0. The van der Waals surface area contributed by atoms with E-state index in [-0.39, 0.29) is 0 Å². The van der Waals surface area contributed by atoms with Crippen LogP contribution in [-0.4, -0.2) is 25.1 Å². The Bertz CT molecular complexity index is 162. The molecule has 66 valence electrons. The summed E-state index contributed by atoms with van der Waals surface area (Å²) in [6.45, 7) is 0. The number of rotatable bonds is 1. The molecule has 0 saturated carbocycles. The number of carbonyl (C=O) groups excluding carboxylic acids is 1. The van der Waals surface area contributed by atoms with Gasteiger partial charge in [0.1, 0.15) is 0 Å². The number of amides is 1. The van der Waals surface area contributed by atoms with Crippen LogP contribution in [0.4, 0.5) is 22.0 Å². The van der Waals surface area contributed by atoms with Gasteiger partial charge in [-0.25, -0.2) is 0 Å². The molecular weight excluding hydrogens is 173 g/mol. The maximum atomic E-state index is 11.8. The molecule has 0 radical (unpaired) electrons. The van der Waals surface area contributed by atoms with Gasteiger partial charge in [0.25, 0.3) is 5.91 Å². The first-order valence-electron chi connectivity index (χ1n) is 2.40. The Kier molecular flexibility index (Phi) is 2.42. The third-order valence-corrected chi connectivity index (χ3v) is 0.868. The molecule has 0 atom stereocenters. The highest BCUT2D eigenvalue weighted by atomic mass is 19.4. The first kappa shape index (κ1) is 10.1. The molecule has 0 saturated heterocycles. The molecule has 1 amide bonds. The molecule has 0 bridgehead atoms. The molecule has 11 heavy (non-hydrogen) atoms. The summed E-state index contributed by atoms with van der Waals surface area (Å²) in [7, 11) is 0.696. The van der Waals surface area contributed by atoms with Gasteiger partial charge in [0, 0.05) is 7.05 Å². The normalized spacial score (nSPS) is 12.9. The van der Waals surface area contributed by atoms with Crippen LogP contribution in [-0.2, 0) is 4.79 Å². The first-order chi connectivity index (χ1) is 4.73. The number of halogens is 5. The lowest BCUT2D eigenvalue weighted by molar-refractivity contribution is -0.269. The van der Waals surface area contributed by atoms with E-state index in [1.807, 2.05) is 0 Å². The molecule has 2 nitrogen and oxygen atoms in total. The molecule has 0 aliphatic heterocycles. The second kappa shape index (κ2) is 2.63. The predicted octanol–water partition coefficient (Wildman–Crippen LogP) is 0.930. The van der Waals surface area contributed by atoms with Gasteiger partial charge in [-0.3, -0.25) is 4.79 Å². The number of carbonyl (C=O) groups is 1. The Morgan fingerprint density at radius 2 is 1.55 bits per heavy atom. The third-order valence-electron chi connectivity index (χ3n) is 0.868. The van der Waals surface area contributed by atoms with Crippen LogP contribution in [0, 0.1) is 0 Å². The lowest BCUT2D eigenvalue weighted by Gasteiger charge is -2.16. The van der Waals surface area contributed by atoms with E-state index in [9.17, 15) is 26.7 Å². The Balaban J connectivity index is 4.59. The lowest BCUT2D eigenvalue weighted by Crippen LogP contribution is -2.49. The molecule has 0 rings (SSSR count). The molecule has 0 aliphatic rings. The first-order valence-corrected chi connectivity index (χ1v) is 2.40. The molecule has 0 aromatic rings. The Morgan fingerprint density at radius 3 is 1.64 bits per heavy atom. The summed E-state index contributed by atoms with van der Waals surface area (Å²) in [6.07, 6.45) is -5.83. The summed E-state index contributed by atoms with van der Waals surface area (Å²) in [6, 6.07) is 0. The van der Waals surface area contributed by atoms with Crippen molar-refractivity contribution in [3.8, 4) is 0 Å². The predicted molar refractivity (Wildman–Crippen MR) is 25.1 cm³/mol. The van der Waals surface area contributed by atoms with Crippen LogP contribution in [0.5, 0.6) is 0 Å². The summed E-state index contributed by atoms with van der Waals surface area (Å²) < 4.78 is 57.4. The monoisotopic (exact) mass is 177 g/mol. The van der Waals surface area contributed by atoms with Crippen molar-refractivity contribution in [1.29, 1.82) is 0 Å². The number of alkyl halides is 5. The lowest BCUT2D eigenvalue weighted by atomic mass is 10.3. The zero-order valence-electron chi connectivity index (χ0n) is 5.30. The van der Waals surface area contributed by atoms with Crippen molar-refractivity contribution in [1.82, 2.24) is 5.32 Å². The van der Waals surface area contributed by atoms with Crippen LogP contribution in [0.2, 0.25) is 0 Å². The largest absolute Gasteiger partial charge is 0.463 e. The quantitative estimate of drug-likeness (QED) is 0.593. The molecule has 0 heterocycles. The van der Waals surface area contributed by atoms with Gasteiger partial charge in [0.15, 0.2) is 0 Å². The van der Waals surface area contributed by atoms with Crippen LogP contribution in [0.15, 0.2) is 0 Å². The summed E-state index contributed by atoms with van der Waals surface area (Å²) in [4.78, 5) is 9.90. The fraction of sp³-hybridized carbons (Fsp3) is 0.750. The average molecular weight is 177 g/mol. The van der Waals surface area contributed by atoms with Gasteiger partial charge in [-0.1, -0.05) is 0 Å². The van der Waals surface area contributed by atoms with Gasteiger partial charge in [-0.2, -0.15) is 22.0 Å². The second-order valence-electron chi connectivity index (χ2n) is 1.65. The number of hydrogen-bond acceptors (Lipinski definition) is 1. The Morgan fingerprint density at radius 1 is 1.18 bits per heavy atom. The van der Waals surface area contributed by atoms with E-state index in [0.29, 0.717) is 7.05 Å². The van der Waals surface area contributed by atoms with E-state index >= 15 is 0 Å². The van der Waals surface area contributed by atoms with Crippen molar-refractivity contribution >= 4 is 5.91 Å². The van der Waals surface area contributed by atoms with E-state index in [0.717, 1.165) is 0 Å². The molecule has 7 heteroatoms. The average Bonchev–Trinajstić information content (AvgIpc) is 1.83. The van der Waals surface area contributed by atoms with Gasteiger partial charge in [0.2, 0.25) is 0 Å². The van der Waals surface area contributed by atoms with Crippen molar-refractivity contribution in [2.24, 2.45) is 0 Å². The molecule has 0 fully saturated rings. The zero-order chi connectivity index (χ0) is 9.28. The molecule has 0 aliphatic carbocycles. The molecule has 0 aromatic carbocycles. The Labute approximate surface area is 58.4 Å². The smallest absolute Gasteiger partial charge is 0.354 e. The highest BCUT2D eigenvalue weighted by Crippen LogP contribution is 2.35. The highest BCUT2D eigenvalue weighted by Gasteiger charge is 2.63. The third kappa shape index (κ3) is 1.78. The zero-order valence-corrected chi connectivity index (χ0v) is 5.30. The topological polar surface area (TPSA) is 29.1 Å². The van der Waals surface area contributed by atoms with Crippen LogP contribution in [0.25, 0.3) is 0 Å². The molecule has 0 spiro atoms. The SMILES string of the molecule is CNC(=O)C(F)(F)C(F)(F)F. The maximum Gasteiger partial charge on any atom is 0.463 e. The van der Waals surface area contributed by atoms with Crippen molar-refractivity contribution < 1.29 is 26.7 Å². The second-order valence-corrected chi connectivity index (χ2v) is 1.65. The van der Waals surface area contributed by atoms with Crippen LogP contribution in [0.3, 0.4) is 0 Å². The summed E-state index contributed by atoms with van der Waals surface area (Å²) in [5.74, 6) is -7.66. The van der Waals surface area contributed by atoms with E-state index in [1.54, 1.807) is 0 Å². The van der Waals surface area contributed by atoms with Crippen LogP contribution in [0.1, 0.15) is 0 Å². The van der Waals surface area contributed by atoms with Gasteiger partial charge in [-0.05, 0) is 0 Å². The minimum absolute atomic E-state index is 0.696. The summed E-state index contributed by atoms with van der Waals surface area (Å²) in [5, 5.41) is 1.20. The molecule has 1 N–H and O–H groups in total. The van der Waals surface area contributed by atoms with E-state index < -0.39 is 18.0 Å². The van der Waals surface area contributed by atoms with Crippen molar-refractivity contribution in [2.75, 3.05) is 7.05 Å². The van der Waals surface area contributed by atoms with E-state index in [2.05, 4.69) is 0 Å². The van der Waals surface area contributed by atoms with Crippen molar-refractivity contribution in [3.05, 3.63) is 0 Å². The van der Waals surface area contributed by atoms with E-state index in [1.165, 1.54) is 5.32 Å². The van der Waals surface area contributed by atoms with Crippen molar-refractivity contribution in [2.45, 2.75) is 12.1 Å². The minimum Gasteiger partial charge on any atom is -0.354 e. The van der Waals surface area contributed by atoms with Gasteiger partial charge >= 0.3 is 12.1 Å². The maximum absolute atomic E-state index is 11.8. The summed E-state index contributed by atoms with van der Waals surface area (Å²) in [5.41, 5.74) is 0. The van der Waals surface area contributed by atoms with E-state index in [4.69, 9.17) is 0 Å². The standard InChI is InChI=1S/C4H4F5NO/c1-10-2(11)3(5,6)4(7,8)9/h1H3,(H,10,11).